The largest absolute Gasteiger partial charge is 0.461 e. The van der Waals surface area contributed by atoms with Crippen LogP contribution in [0.5, 0.6) is 0 Å². The van der Waals surface area contributed by atoms with Crippen molar-refractivity contribution in [2.75, 3.05) is 26.3 Å². The third-order valence-corrected chi connectivity index (χ3v) is 5.04. The normalized spacial score (nSPS) is 15.2. The van der Waals surface area contributed by atoms with Crippen LogP contribution >= 0.6 is 0 Å². The number of carbonyl (C=O) groups is 1. The molecule has 1 aliphatic heterocycles. The van der Waals surface area contributed by atoms with E-state index in [0.717, 1.165) is 43.6 Å². The number of hydrogen-bond donors (Lipinski definition) is 2. The zero-order valence-electron chi connectivity index (χ0n) is 16.4. The first-order valence-electron chi connectivity index (χ1n) is 9.93. The van der Waals surface area contributed by atoms with Gasteiger partial charge in [-0.25, -0.2) is 4.79 Å². The van der Waals surface area contributed by atoms with E-state index in [2.05, 4.69) is 17.2 Å². The fourth-order valence-corrected chi connectivity index (χ4v) is 3.68. The summed E-state index contributed by atoms with van der Waals surface area (Å²) >= 11 is 0. The van der Waals surface area contributed by atoms with Gasteiger partial charge in [-0.05, 0) is 25.3 Å². The molecule has 1 aromatic carbocycles. The molecule has 2 heterocycles. The Labute approximate surface area is 165 Å². The van der Waals surface area contributed by atoms with E-state index in [9.17, 15) is 9.90 Å². The van der Waals surface area contributed by atoms with Crippen LogP contribution in [0.25, 0.3) is 0 Å². The van der Waals surface area contributed by atoms with Crippen molar-refractivity contribution in [2.45, 2.75) is 45.4 Å². The summed E-state index contributed by atoms with van der Waals surface area (Å²) in [4.78, 5) is 14.4. The Morgan fingerprint density at radius 1 is 1.32 bits per heavy atom. The maximum Gasteiger partial charge on any atom is 0.359 e. The summed E-state index contributed by atoms with van der Waals surface area (Å²) in [6.45, 7) is 4.22. The first-order chi connectivity index (χ1) is 13.6. The molecule has 3 rings (SSSR count). The van der Waals surface area contributed by atoms with Crippen LogP contribution < -0.4 is 0 Å². The van der Waals surface area contributed by atoms with Gasteiger partial charge in [-0.3, -0.25) is 9.58 Å². The lowest BCUT2D eigenvalue weighted by Crippen LogP contribution is -2.38. The van der Waals surface area contributed by atoms with Gasteiger partial charge in [-0.2, -0.15) is 5.10 Å². The molecular formula is C21H29N3O4. The van der Waals surface area contributed by atoms with Crippen LogP contribution in [0.15, 0.2) is 30.3 Å². The number of hydrogen-bond acceptors (Lipinski definition) is 6. The van der Waals surface area contributed by atoms with Crippen molar-refractivity contribution in [1.82, 2.24) is 14.7 Å². The first kappa shape index (κ1) is 20.5. The SMILES string of the molecule is CCOC(=O)c1nn(CCCc2ccccc2)c2c1CN(CC(O)CO)CC2. The molecule has 0 saturated heterocycles. The topological polar surface area (TPSA) is 87.8 Å². The monoisotopic (exact) mass is 387 g/mol. The highest BCUT2D eigenvalue weighted by Gasteiger charge is 2.29. The van der Waals surface area contributed by atoms with Gasteiger partial charge in [-0.1, -0.05) is 30.3 Å². The predicted octanol–water partition coefficient (Wildman–Crippen LogP) is 1.40. The number of aliphatic hydroxyl groups excluding tert-OH is 2. The second kappa shape index (κ2) is 9.82. The van der Waals surface area contributed by atoms with Crippen molar-refractivity contribution in [3.63, 3.8) is 0 Å². The van der Waals surface area contributed by atoms with Crippen LogP contribution in [0, 0.1) is 0 Å². The van der Waals surface area contributed by atoms with Gasteiger partial charge in [0.1, 0.15) is 0 Å². The second-order valence-electron chi connectivity index (χ2n) is 7.13. The molecule has 0 saturated carbocycles. The average molecular weight is 387 g/mol. The van der Waals surface area contributed by atoms with Crippen molar-refractivity contribution in [3.8, 4) is 0 Å². The van der Waals surface area contributed by atoms with E-state index >= 15 is 0 Å². The zero-order chi connectivity index (χ0) is 19.9. The van der Waals surface area contributed by atoms with E-state index in [1.165, 1.54) is 5.56 Å². The minimum Gasteiger partial charge on any atom is -0.461 e. The maximum atomic E-state index is 12.4. The van der Waals surface area contributed by atoms with E-state index in [0.29, 0.717) is 25.4 Å². The number of aromatic nitrogens is 2. The van der Waals surface area contributed by atoms with Crippen LogP contribution in [0.3, 0.4) is 0 Å². The Balaban J connectivity index is 1.74. The highest BCUT2D eigenvalue weighted by atomic mass is 16.5. The van der Waals surface area contributed by atoms with Crippen molar-refractivity contribution < 1.29 is 19.7 Å². The summed E-state index contributed by atoms with van der Waals surface area (Å²) < 4.78 is 7.14. The number of benzene rings is 1. The Kier molecular flexibility index (Phi) is 7.19. The third-order valence-electron chi connectivity index (χ3n) is 5.04. The highest BCUT2D eigenvalue weighted by Crippen LogP contribution is 2.24. The summed E-state index contributed by atoms with van der Waals surface area (Å²) in [6.07, 6.45) is 1.87. The summed E-state index contributed by atoms with van der Waals surface area (Å²) in [7, 11) is 0. The highest BCUT2D eigenvalue weighted by molar-refractivity contribution is 5.89. The standard InChI is InChI=1S/C21H29N3O4/c1-2-28-21(27)20-18-14-23(13-17(26)15-25)12-10-19(18)24(22-20)11-6-9-16-7-4-3-5-8-16/h3-5,7-8,17,25-26H,2,6,9-15H2,1H3. The van der Waals surface area contributed by atoms with Gasteiger partial charge in [-0.15, -0.1) is 0 Å². The molecule has 0 aliphatic carbocycles. The molecule has 0 fully saturated rings. The van der Waals surface area contributed by atoms with Crippen molar-refractivity contribution in [2.24, 2.45) is 0 Å². The molecule has 0 spiro atoms. The van der Waals surface area contributed by atoms with E-state index in [4.69, 9.17) is 9.84 Å². The molecule has 7 heteroatoms. The number of aryl methyl sites for hydroxylation is 2. The lowest BCUT2D eigenvalue weighted by molar-refractivity contribution is 0.0501. The van der Waals surface area contributed by atoms with Crippen LogP contribution in [0.4, 0.5) is 0 Å². The molecular weight excluding hydrogens is 358 g/mol. The van der Waals surface area contributed by atoms with E-state index in [1.54, 1.807) is 6.92 Å². The molecule has 2 N–H and O–H groups in total. The fourth-order valence-electron chi connectivity index (χ4n) is 3.68. The minimum atomic E-state index is -0.784. The predicted molar refractivity (Wildman–Crippen MR) is 105 cm³/mol. The van der Waals surface area contributed by atoms with Gasteiger partial charge in [0.05, 0.1) is 19.3 Å². The summed E-state index contributed by atoms with van der Waals surface area (Å²) in [5, 5.41) is 23.4. The fraction of sp³-hybridized carbons (Fsp3) is 0.524. The van der Waals surface area contributed by atoms with E-state index in [-0.39, 0.29) is 6.61 Å². The molecule has 1 atom stereocenters. The number of β-amino-alcohol motifs (C(OH)–C–C–N with tert-alkyl or cyclic N) is 1. The van der Waals surface area contributed by atoms with E-state index < -0.39 is 12.1 Å². The number of ether oxygens (including phenoxy) is 1. The Bertz CT molecular complexity index is 775. The van der Waals surface area contributed by atoms with Gasteiger partial charge in [0.25, 0.3) is 0 Å². The van der Waals surface area contributed by atoms with Gasteiger partial charge >= 0.3 is 5.97 Å². The number of rotatable bonds is 9. The molecule has 1 aromatic heterocycles. The smallest absolute Gasteiger partial charge is 0.359 e. The van der Waals surface area contributed by atoms with E-state index in [1.807, 2.05) is 27.8 Å². The maximum absolute atomic E-state index is 12.4. The van der Waals surface area contributed by atoms with Crippen molar-refractivity contribution in [3.05, 3.63) is 52.8 Å². The number of esters is 1. The number of aliphatic hydroxyl groups is 2. The molecule has 2 aromatic rings. The van der Waals surface area contributed by atoms with Crippen LogP contribution in [-0.4, -0.2) is 63.3 Å². The van der Waals surface area contributed by atoms with Gasteiger partial charge in [0, 0.05) is 43.9 Å². The molecule has 1 unspecified atom stereocenters. The zero-order valence-corrected chi connectivity index (χ0v) is 16.4. The van der Waals surface area contributed by atoms with Crippen molar-refractivity contribution in [1.29, 1.82) is 0 Å². The van der Waals surface area contributed by atoms with Crippen LogP contribution in [-0.2, 0) is 30.7 Å². The average Bonchev–Trinajstić information content (AvgIpc) is 3.07. The summed E-state index contributed by atoms with van der Waals surface area (Å²) in [5.74, 6) is -0.398. The molecule has 0 bridgehead atoms. The van der Waals surface area contributed by atoms with Crippen LogP contribution in [0.2, 0.25) is 0 Å². The number of fused-ring (bicyclic) bond motifs is 1. The third kappa shape index (κ3) is 4.98. The summed E-state index contributed by atoms with van der Waals surface area (Å²) in [6, 6.07) is 10.3. The molecule has 0 amide bonds. The molecule has 7 nitrogen and oxygen atoms in total. The lowest BCUT2D eigenvalue weighted by Gasteiger charge is -2.29. The molecule has 0 radical (unpaired) electrons. The molecule has 152 valence electrons. The van der Waals surface area contributed by atoms with Gasteiger partial charge in [0.2, 0.25) is 0 Å². The lowest BCUT2D eigenvalue weighted by atomic mass is 10.0. The van der Waals surface area contributed by atoms with Gasteiger partial charge < -0.3 is 14.9 Å². The van der Waals surface area contributed by atoms with Gasteiger partial charge in [0.15, 0.2) is 5.69 Å². The minimum absolute atomic E-state index is 0.271. The Hall–Kier alpha value is -2.22. The van der Waals surface area contributed by atoms with Crippen molar-refractivity contribution >= 4 is 5.97 Å². The molecule has 28 heavy (non-hydrogen) atoms. The second-order valence-corrected chi connectivity index (χ2v) is 7.13. The summed E-state index contributed by atoms with van der Waals surface area (Å²) in [5.41, 5.74) is 3.62. The number of nitrogens with zero attached hydrogens (tertiary/aromatic N) is 3. The quantitative estimate of drug-likeness (QED) is 0.633. The Morgan fingerprint density at radius 3 is 2.82 bits per heavy atom. The first-order valence-corrected chi connectivity index (χ1v) is 9.93. The Morgan fingerprint density at radius 2 is 2.11 bits per heavy atom. The molecule has 1 aliphatic rings. The number of carbonyl (C=O) groups excluding carboxylic acids is 1. The van der Waals surface area contributed by atoms with Crippen LogP contribution in [0.1, 0.15) is 40.7 Å².